The molecule has 0 spiro atoms. The number of nitrogens with one attached hydrogen (secondary N) is 1. The molecule has 1 aromatic rings. The number of hydrogen-bond donors (Lipinski definition) is 1. The van der Waals surface area contributed by atoms with Crippen molar-refractivity contribution in [2.75, 3.05) is 13.1 Å². The van der Waals surface area contributed by atoms with Gasteiger partial charge in [0.2, 0.25) is 0 Å². The topological polar surface area (TPSA) is 32.3 Å². The Kier molecular flexibility index (Phi) is 4.05. The normalized spacial score (nSPS) is 24.7. The van der Waals surface area contributed by atoms with Gasteiger partial charge in [0.05, 0.1) is 0 Å². The number of carbonyl (C=O) groups excluding carboxylic acids is 1. The highest BCUT2D eigenvalue weighted by Gasteiger charge is 2.24. The average Bonchev–Trinajstić information content (AvgIpc) is 2.77. The predicted octanol–water partition coefficient (Wildman–Crippen LogP) is 2.94. The first-order valence-corrected chi connectivity index (χ1v) is 7.13. The van der Waals surface area contributed by atoms with Gasteiger partial charge < -0.3 is 10.2 Å². The molecule has 17 heavy (non-hydrogen) atoms. The van der Waals surface area contributed by atoms with Crippen LogP contribution in [0, 0.1) is 11.8 Å². The maximum atomic E-state index is 12.0. The highest BCUT2D eigenvalue weighted by atomic mass is 32.1. The van der Waals surface area contributed by atoms with E-state index in [1.165, 1.54) is 12.0 Å². The Hall–Kier alpha value is -1.03. The van der Waals surface area contributed by atoms with Gasteiger partial charge in [-0.2, -0.15) is 11.3 Å². The Morgan fingerprint density at radius 3 is 2.76 bits per heavy atom. The summed E-state index contributed by atoms with van der Waals surface area (Å²) in [7, 11) is 0. The summed E-state index contributed by atoms with van der Waals surface area (Å²) in [6.45, 7) is 6.85. The van der Waals surface area contributed by atoms with E-state index in [-0.39, 0.29) is 6.03 Å². The molecule has 0 saturated carbocycles. The molecule has 3 nitrogen and oxygen atoms in total. The lowest BCUT2D eigenvalue weighted by Crippen LogP contribution is -2.47. The second-order valence-electron chi connectivity index (χ2n) is 5.14. The second kappa shape index (κ2) is 5.54. The van der Waals surface area contributed by atoms with Crippen molar-refractivity contribution in [3.63, 3.8) is 0 Å². The number of likely N-dealkylation sites (tertiary alicyclic amines) is 1. The van der Waals surface area contributed by atoms with E-state index in [1.807, 2.05) is 16.3 Å². The van der Waals surface area contributed by atoms with Crippen LogP contribution < -0.4 is 5.32 Å². The average molecular weight is 252 g/mol. The van der Waals surface area contributed by atoms with Crippen molar-refractivity contribution in [3.8, 4) is 0 Å². The van der Waals surface area contributed by atoms with Crippen LogP contribution in [0.15, 0.2) is 16.8 Å². The zero-order chi connectivity index (χ0) is 12.3. The standard InChI is InChI=1S/C13H20N2OS/c1-10-5-11(2)8-15(7-10)13(16)14-6-12-3-4-17-9-12/h3-4,9-11H,5-8H2,1-2H3,(H,14,16). The maximum absolute atomic E-state index is 12.0. The third-order valence-corrected chi connectivity index (χ3v) is 3.91. The van der Waals surface area contributed by atoms with Crippen molar-refractivity contribution >= 4 is 17.4 Å². The molecular formula is C13H20N2OS. The smallest absolute Gasteiger partial charge is 0.317 e. The summed E-state index contributed by atoms with van der Waals surface area (Å²) >= 11 is 1.66. The molecule has 1 aliphatic rings. The van der Waals surface area contributed by atoms with Crippen molar-refractivity contribution in [1.82, 2.24) is 10.2 Å². The van der Waals surface area contributed by atoms with Gasteiger partial charge in [-0.05, 0) is 40.6 Å². The molecule has 4 heteroatoms. The zero-order valence-electron chi connectivity index (χ0n) is 10.5. The molecule has 0 radical (unpaired) electrons. The van der Waals surface area contributed by atoms with Gasteiger partial charge >= 0.3 is 6.03 Å². The van der Waals surface area contributed by atoms with Crippen LogP contribution in [0.5, 0.6) is 0 Å². The van der Waals surface area contributed by atoms with E-state index in [2.05, 4.69) is 24.5 Å². The summed E-state index contributed by atoms with van der Waals surface area (Å²) in [5, 5.41) is 7.09. The molecule has 2 rings (SSSR count). The number of carbonyl (C=O) groups is 1. The molecule has 0 aliphatic carbocycles. The van der Waals surface area contributed by atoms with Crippen LogP contribution in [0.25, 0.3) is 0 Å². The van der Waals surface area contributed by atoms with E-state index in [9.17, 15) is 4.79 Å². The molecule has 1 fully saturated rings. The summed E-state index contributed by atoms with van der Waals surface area (Å²) in [6, 6.07) is 2.13. The van der Waals surface area contributed by atoms with Crippen LogP contribution >= 0.6 is 11.3 Å². The van der Waals surface area contributed by atoms with E-state index >= 15 is 0 Å². The summed E-state index contributed by atoms with van der Waals surface area (Å²) in [4.78, 5) is 14.0. The predicted molar refractivity (Wildman–Crippen MR) is 71.1 cm³/mol. The van der Waals surface area contributed by atoms with Crippen LogP contribution in [0.4, 0.5) is 4.79 Å². The fourth-order valence-corrected chi connectivity index (χ4v) is 3.18. The molecule has 2 atom stereocenters. The number of urea groups is 1. The number of piperidine rings is 1. The highest BCUT2D eigenvalue weighted by molar-refractivity contribution is 7.07. The van der Waals surface area contributed by atoms with E-state index in [0.29, 0.717) is 18.4 Å². The third-order valence-electron chi connectivity index (χ3n) is 3.18. The van der Waals surface area contributed by atoms with Crippen LogP contribution in [0.3, 0.4) is 0 Å². The zero-order valence-corrected chi connectivity index (χ0v) is 11.3. The fourth-order valence-electron chi connectivity index (χ4n) is 2.51. The number of thiophene rings is 1. The van der Waals surface area contributed by atoms with Crippen molar-refractivity contribution in [3.05, 3.63) is 22.4 Å². The van der Waals surface area contributed by atoms with Crippen molar-refractivity contribution in [2.45, 2.75) is 26.8 Å². The molecular weight excluding hydrogens is 232 g/mol. The van der Waals surface area contributed by atoms with E-state index in [0.717, 1.165) is 13.1 Å². The largest absolute Gasteiger partial charge is 0.334 e. The first-order chi connectivity index (χ1) is 8.15. The first kappa shape index (κ1) is 12.4. The number of rotatable bonds is 2. The Morgan fingerprint density at radius 2 is 2.18 bits per heavy atom. The Morgan fingerprint density at radius 1 is 1.47 bits per heavy atom. The summed E-state index contributed by atoms with van der Waals surface area (Å²) in [6.07, 6.45) is 1.23. The van der Waals surface area contributed by atoms with Crippen LogP contribution in [-0.2, 0) is 6.54 Å². The molecule has 2 heterocycles. The molecule has 2 amide bonds. The lowest BCUT2D eigenvalue weighted by atomic mass is 9.92. The minimum absolute atomic E-state index is 0.0783. The molecule has 1 N–H and O–H groups in total. The van der Waals surface area contributed by atoms with Gasteiger partial charge in [-0.3, -0.25) is 0 Å². The maximum Gasteiger partial charge on any atom is 0.317 e. The molecule has 1 aromatic heterocycles. The lowest BCUT2D eigenvalue weighted by Gasteiger charge is -2.34. The lowest BCUT2D eigenvalue weighted by molar-refractivity contribution is 0.146. The van der Waals surface area contributed by atoms with Crippen molar-refractivity contribution in [1.29, 1.82) is 0 Å². The first-order valence-electron chi connectivity index (χ1n) is 6.19. The molecule has 1 saturated heterocycles. The van der Waals surface area contributed by atoms with Gasteiger partial charge in [-0.1, -0.05) is 13.8 Å². The van der Waals surface area contributed by atoms with Gasteiger partial charge in [0.15, 0.2) is 0 Å². The van der Waals surface area contributed by atoms with Gasteiger partial charge in [0.1, 0.15) is 0 Å². The fraction of sp³-hybridized carbons (Fsp3) is 0.615. The SMILES string of the molecule is CC1CC(C)CN(C(=O)NCc2ccsc2)C1. The number of hydrogen-bond acceptors (Lipinski definition) is 2. The summed E-state index contributed by atoms with van der Waals surface area (Å²) in [5.41, 5.74) is 1.18. The molecule has 1 aliphatic heterocycles. The summed E-state index contributed by atoms with van der Waals surface area (Å²) in [5.74, 6) is 1.23. The Balaban J connectivity index is 1.83. The monoisotopic (exact) mass is 252 g/mol. The van der Waals surface area contributed by atoms with Crippen LogP contribution in [0.1, 0.15) is 25.8 Å². The van der Waals surface area contributed by atoms with Crippen molar-refractivity contribution < 1.29 is 4.79 Å². The minimum Gasteiger partial charge on any atom is -0.334 e. The second-order valence-corrected chi connectivity index (χ2v) is 5.92. The van der Waals surface area contributed by atoms with E-state index in [4.69, 9.17) is 0 Å². The number of nitrogens with zero attached hydrogens (tertiary/aromatic N) is 1. The van der Waals surface area contributed by atoms with Gasteiger partial charge in [-0.25, -0.2) is 4.79 Å². The van der Waals surface area contributed by atoms with Gasteiger partial charge in [-0.15, -0.1) is 0 Å². The molecule has 0 aromatic carbocycles. The van der Waals surface area contributed by atoms with E-state index < -0.39 is 0 Å². The highest BCUT2D eigenvalue weighted by Crippen LogP contribution is 2.20. The van der Waals surface area contributed by atoms with Crippen LogP contribution in [-0.4, -0.2) is 24.0 Å². The summed E-state index contributed by atoms with van der Waals surface area (Å²) < 4.78 is 0. The quantitative estimate of drug-likeness (QED) is 0.862. The number of amides is 2. The van der Waals surface area contributed by atoms with Gasteiger partial charge in [0, 0.05) is 19.6 Å². The molecule has 94 valence electrons. The molecule has 2 unspecified atom stereocenters. The Labute approximate surface area is 107 Å². The Bertz CT molecular complexity index is 354. The third kappa shape index (κ3) is 3.46. The van der Waals surface area contributed by atoms with Gasteiger partial charge in [0.25, 0.3) is 0 Å². The van der Waals surface area contributed by atoms with Crippen LogP contribution in [0.2, 0.25) is 0 Å². The molecule has 0 bridgehead atoms. The van der Waals surface area contributed by atoms with E-state index in [1.54, 1.807) is 11.3 Å². The van der Waals surface area contributed by atoms with Crippen molar-refractivity contribution in [2.24, 2.45) is 11.8 Å². The minimum atomic E-state index is 0.0783.